The summed E-state index contributed by atoms with van der Waals surface area (Å²) in [6, 6.07) is 4.52. The first-order chi connectivity index (χ1) is 16.0. The van der Waals surface area contributed by atoms with Crippen LogP contribution in [0.25, 0.3) is 0 Å². The van der Waals surface area contributed by atoms with E-state index >= 15 is 0 Å². The van der Waals surface area contributed by atoms with Crippen LogP contribution in [0.4, 0.5) is 4.79 Å². The molecule has 190 valence electrons. The third-order valence-corrected chi connectivity index (χ3v) is 4.97. The normalized spacial score (nSPS) is 14.2. The fourth-order valence-corrected chi connectivity index (χ4v) is 3.01. The van der Waals surface area contributed by atoms with Crippen molar-refractivity contribution in [2.75, 3.05) is 7.11 Å². The molecule has 10 heteroatoms. The molecule has 10 nitrogen and oxygen atoms in total. The van der Waals surface area contributed by atoms with Crippen LogP contribution in [0.15, 0.2) is 18.2 Å². The van der Waals surface area contributed by atoms with Crippen molar-refractivity contribution in [3.8, 4) is 11.5 Å². The number of hydrogen-bond acceptors (Lipinski definition) is 10. The summed E-state index contributed by atoms with van der Waals surface area (Å²) in [6.07, 6.45) is -1.16. The molecule has 0 aromatic heterocycles. The zero-order chi connectivity index (χ0) is 25.9. The van der Waals surface area contributed by atoms with Crippen molar-refractivity contribution in [3.05, 3.63) is 23.8 Å². The average molecular weight is 482 g/mol. The van der Waals surface area contributed by atoms with Gasteiger partial charge in [0.1, 0.15) is 17.7 Å². The highest BCUT2D eigenvalue weighted by Crippen LogP contribution is 2.31. The van der Waals surface area contributed by atoms with Crippen LogP contribution in [0.2, 0.25) is 0 Å². The maximum atomic E-state index is 12.6. The molecule has 1 aromatic rings. The Kier molecular flexibility index (Phi) is 11.5. The zero-order valence-electron chi connectivity index (χ0n) is 20.7. The minimum atomic E-state index is -1.57. The first-order valence-corrected chi connectivity index (χ1v) is 11.3. The van der Waals surface area contributed by atoms with Crippen LogP contribution >= 0.6 is 0 Å². The van der Waals surface area contributed by atoms with Crippen molar-refractivity contribution in [2.45, 2.75) is 84.5 Å². The van der Waals surface area contributed by atoms with Crippen LogP contribution in [0, 0.1) is 0 Å². The lowest BCUT2D eigenvalue weighted by molar-refractivity contribution is -0.148. The summed E-state index contributed by atoms with van der Waals surface area (Å²) < 4.78 is 25.8. The molecule has 1 rings (SSSR count). The van der Waals surface area contributed by atoms with Crippen molar-refractivity contribution in [1.82, 2.24) is 0 Å². The van der Waals surface area contributed by atoms with Gasteiger partial charge in [-0.1, -0.05) is 26.8 Å². The summed E-state index contributed by atoms with van der Waals surface area (Å²) >= 11 is 0. The topological polar surface area (TPSA) is 140 Å². The fraction of sp³-hybridized carbons (Fsp3) is 0.583. The molecule has 1 aromatic carbocycles. The third kappa shape index (κ3) is 9.01. The van der Waals surface area contributed by atoms with E-state index in [4.69, 9.17) is 29.4 Å². The van der Waals surface area contributed by atoms with Crippen molar-refractivity contribution in [1.29, 1.82) is 0 Å². The maximum absolute atomic E-state index is 12.6. The van der Waals surface area contributed by atoms with Crippen molar-refractivity contribution < 1.29 is 42.9 Å². The second-order valence-electron chi connectivity index (χ2n) is 7.98. The molecule has 3 atom stereocenters. The summed E-state index contributed by atoms with van der Waals surface area (Å²) in [5, 5.41) is 0. The molecule has 0 amide bonds. The van der Waals surface area contributed by atoms with Crippen molar-refractivity contribution in [2.24, 2.45) is 5.73 Å². The zero-order valence-corrected chi connectivity index (χ0v) is 20.7. The van der Waals surface area contributed by atoms with E-state index in [1.807, 2.05) is 6.92 Å². The first-order valence-electron chi connectivity index (χ1n) is 11.3. The second kappa shape index (κ2) is 13.5. The number of methoxy groups -OCH3 is 1. The highest BCUT2D eigenvalue weighted by atomic mass is 16.7. The van der Waals surface area contributed by atoms with E-state index in [2.05, 4.69) is 0 Å². The summed E-state index contributed by atoms with van der Waals surface area (Å²) in [6.45, 7) is 8.45. The molecule has 0 aliphatic carbocycles. The molecule has 0 bridgehead atoms. The van der Waals surface area contributed by atoms with Gasteiger partial charge in [-0.2, -0.15) is 0 Å². The first kappa shape index (κ1) is 28.9. The molecular formula is C24H35NO9. The summed E-state index contributed by atoms with van der Waals surface area (Å²) in [5.41, 5.74) is 5.35. The van der Waals surface area contributed by atoms with Crippen LogP contribution in [0.3, 0.4) is 0 Å². The molecule has 0 saturated heterocycles. The molecule has 0 fully saturated rings. The van der Waals surface area contributed by atoms with Gasteiger partial charge in [-0.25, -0.2) is 4.79 Å². The van der Waals surface area contributed by atoms with E-state index in [1.54, 1.807) is 33.8 Å². The van der Waals surface area contributed by atoms with Gasteiger partial charge in [0.25, 0.3) is 0 Å². The number of esters is 3. The molecule has 0 heterocycles. The highest BCUT2D eigenvalue weighted by molar-refractivity contribution is 5.81. The quantitative estimate of drug-likeness (QED) is 0.348. The molecule has 0 spiro atoms. The van der Waals surface area contributed by atoms with E-state index in [0.717, 1.165) is 0 Å². The Bertz CT molecular complexity index is 870. The fourth-order valence-electron chi connectivity index (χ4n) is 3.01. The van der Waals surface area contributed by atoms with E-state index in [-0.39, 0.29) is 43.3 Å². The SMILES string of the molecule is CCC(=O)Oc1ccc(CC(N)(C[C@H](C)OC(=O)O[C@@H](C)CC)C(=O)OC)cc1OC(=O)CC. The van der Waals surface area contributed by atoms with Gasteiger partial charge in [-0.05, 0) is 38.0 Å². The lowest BCUT2D eigenvalue weighted by Crippen LogP contribution is -2.53. The molecule has 0 saturated carbocycles. The molecular weight excluding hydrogens is 446 g/mol. The van der Waals surface area contributed by atoms with Crippen molar-refractivity contribution in [3.63, 3.8) is 0 Å². The Morgan fingerprint density at radius 2 is 1.47 bits per heavy atom. The van der Waals surface area contributed by atoms with Gasteiger partial charge in [0.05, 0.1) is 7.11 Å². The Balaban J connectivity index is 3.14. The average Bonchev–Trinajstić information content (AvgIpc) is 2.79. The molecule has 0 radical (unpaired) electrons. The lowest BCUT2D eigenvalue weighted by Gasteiger charge is -2.29. The number of ether oxygens (including phenoxy) is 5. The molecule has 2 N–H and O–H groups in total. The number of benzene rings is 1. The van der Waals surface area contributed by atoms with Crippen LogP contribution in [0.5, 0.6) is 11.5 Å². The standard InChI is InChI=1S/C24H35NO9/c1-7-15(4)31-23(29)32-16(5)13-24(25,22(28)30-6)14-17-10-11-18(33-20(26)8-2)19(12-17)34-21(27)9-3/h10-12,15-16H,7-9,13-14,25H2,1-6H3/t15-,16-,24?/m0/s1. The van der Waals surface area contributed by atoms with Crippen LogP contribution < -0.4 is 15.2 Å². The molecule has 34 heavy (non-hydrogen) atoms. The Morgan fingerprint density at radius 1 is 0.912 bits per heavy atom. The monoisotopic (exact) mass is 481 g/mol. The number of rotatable bonds is 12. The Labute approximate surface area is 200 Å². The number of nitrogens with two attached hydrogens (primary N) is 1. The Hall–Kier alpha value is -3.14. The maximum Gasteiger partial charge on any atom is 0.508 e. The van der Waals surface area contributed by atoms with Crippen LogP contribution in [-0.2, 0) is 35.0 Å². The van der Waals surface area contributed by atoms with Crippen LogP contribution in [0.1, 0.15) is 65.9 Å². The Morgan fingerprint density at radius 3 is 2.00 bits per heavy atom. The predicted molar refractivity (Wildman–Crippen MR) is 122 cm³/mol. The molecule has 1 unspecified atom stereocenters. The lowest BCUT2D eigenvalue weighted by atomic mass is 9.86. The smallest absolute Gasteiger partial charge is 0.468 e. The molecule has 0 aliphatic rings. The van der Waals surface area contributed by atoms with Gasteiger partial charge in [0.15, 0.2) is 11.5 Å². The van der Waals surface area contributed by atoms with Gasteiger partial charge in [0, 0.05) is 25.7 Å². The van der Waals surface area contributed by atoms with Gasteiger partial charge in [-0.3, -0.25) is 14.4 Å². The third-order valence-electron chi connectivity index (χ3n) is 4.97. The summed E-state index contributed by atoms with van der Waals surface area (Å²) in [4.78, 5) is 48.1. The van der Waals surface area contributed by atoms with E-state index in [1.165, 1.54) is 19.2 Å². The van der Waals surface area contributed by atoms with E-state index < -0.39 is 35.7 Å². The van der Waals surface area contributed by atoms with Gasteiger partial charge < -0.3 is 29.4 Å². The summed E-state index contributed by atoms with van der Waals surface area (Å²) in [5.74, 6) is -1.64. The van der Waals surface area contributed by atoms with Gasteiger partial charge >= 0.3 is 24.1 Å². The van der Waals surface area contributed by atoms with Crippen molar-refractivity contribution >= 4 is 24.1 Å². The summed E-state index contributed by atoms with van der Waals surface area (Å²) in [7, 11) is 1.20. The van der Waals surface area contributed by atoms with Crippen LogP contribution in [-0.4, -0.2) is 48.9 Å². The number of hydrogen-bond donors (Lipinski definition) is 1. The molecule has 0 aliphatic heterocycles. The minimum absolute atomic E-state index is 0.0276. The second-order valence-corrected chi connectivity index (χ2v) is 7.98. The number of carbonyl (C=O) groups is 4. The van der Waals surface area contributed by atoms with E-state index in [0.29, 0.717) is 12.0 Å². The van der Waals surface area contributed by atoms with Gasteiger partial charge in [-0.15, -0.1) is 0 Å². The number of carbonyl (C=O) groups excluding carboxylic acids is 4. The van der Waals surface area contributed by atoms with E-state index in [9.17, 15) is 19.2 Å². The minimum Gasteiger partial charge on any atom is -0.468 e. The highest BCUT2D eigenvalue weighted by Gasteiger charge is 2.38. The van der Waals surface area contributed by atoms with Gasteiger partial charge in [0.2, 0.25) is 0 Å². The largest absolute Gasteiger partial charge is 0.508 e. The predicted octanol–water partition coefficient (Wildman–Crippen LogP) is 3.46.